The smallest absolute Gasteiger partial charge is 0.0634 e. The van der Waals surface area contributed by atoms with Crippen molar-refractivity contribution >= 4 is 0 Å². The van der Waals surface area contributed by atoms with Gasteiger partial charge < -0.3 is 10.1 Å². The molecule has 3 atom stereocenters. The molecule has 0 aromatic carbocycles. The van der Waals surface area contributed by atoms with Gasteiger partial charge >= 0.3 is 0 Å². The SMILES string of the molecule is CCC(C)C1CNC(C)(CC)CN1CCC(C)(C)OC. The average molecular weight is 284 g/mol. The molecule has 1 aliphatic rings. The molecule has 1 rings (SSSR count). The summed E-state index contributed by atoms with van der Waals surface area (Å²) < 4.78 is 5.59. The maximum Gasteiger partial charge on any atom is 0.0634 e. The Labute approximate surface area is 126 Å². The van der Waals surface area contributed by atoms with E-state index >= 15 is 0 Å². The van der Waals surface area contributed by atoms with Crippen LogP contribution in [-0.4, -0.2) is 48.8 Å². The molecule has 20 heavy (non-hydrogen) atoms. The Morgan fingerprint density at radius 1 is 1.40 bits per heavy atom. The number of piperazine rings is 1. The molecule has 1 fully saturated rings. The third-order valence-corrected chi connectivity index (χ3v) is 5.39. The van der Waals surface area contributed by atoms with E-state index in [4.69, 9.17) is 4.74 Å². The van der Waals surface area contributed by atoms with E-state index in [-0.39, 0.29) is 11.1 Å². The largest absolute Gasteiger partial charge is 0.379 e. The van der Waals surface area contributed by atoms with Crippen LogP contribution in [0.4, 0.5) is 0 Å². The lowest BCUT2D eigenvalue weighted by atomic mass is 9.87. The highest BCUT2D eigenvalue weighted by atomic mass is 16.5. The molecule has 0 bridgehead atoms. The van der Waals surface area contributed by atoms with E-state index in [0.29, 0.717) is 6.04 Å². The Balaban J connectivity index is 2.72. The van der Waals surface area contributed by atoms with Gasteiger partial charge in [0.2, 0.25) is 0 Å². The zero-order valence-electron chi connectivity index (χ0n) is 14.8. The van der Waals surface area contributed by atoms with Crippen LogP contribution in [0.5, 0.6) is 0 Å². The van der Waals surface area contributed by atoms with Gasteiger partial charge in [-0.3, -0.25) is 4.90 Å². The van der Waals surface area contributed by atoms with Crippen LogP contribution >= 0.6 is 0 Å². The topological polar surface area (TPSA) is 24.5 Å². The van der Waals surface area contributed by atoms with Crippen LogP contribution in [0.25, 0.3) is 0 Å². The highest BCUT2D eigenvalue weighted by Gasteiger charge is 2.36. The maximum absolute atomic E-state index is 5.59. The van der Waals surface area contributed by atoms with Crippen molar-refractivity contribution in [3.05, 3.63) is 0 Å². The minimum atomic E-state index is -0.0203. The predicted molar refractivity (Wildman–Crippen MR) is 87.2 cm³/mol. The molecule has 1 heterocycles. The zero-order chi connectivity index (χ0) is 15.4. The second-order valence-electron chi connectivity index (χ2n) is 7.43. The van der Waals surface area contributed by atoms with Crippen LogP contribution in [0.3, 0.4) is 0 Å². The first-order chi connectivity index (χ1) is 9.27. The van der Waals surface area contributed by atoms with Crippen molar-refractivity contribution in [3.8, 4) is 0 Å². The highest BCUT2D eigenvalue weighted by Crippen LogP contribution is 2.26. The fraction of sp³-hybridized carbons (Fsp3) is 1.00. The third kappa shape index (κ3) is 4.71. The first kappa shape index (κ1) is 17.9. The third-order valence-electron chi connectivity index (χ3n) is 5.39. The Kier molecular flexibility index (Phi) is 6.49. The van der Waals surface area contributed by atoms with Crippen LogP contribution < -0.4 is 5.32 Å². The molecule has 0 amide bonds. The van der Waals surface area contributed by atoms with Gasteiger partial charge in [-0.05, 0) is 39.5 Å². The van der Waals surface area contributed by atoms with Crippen molar-refractivity contribution < 1.29 is 4.74 Å². The lowest BCUT2D eigenvalue weighted by molar-refractivity contribution is -0.0112. The van der Waals surface area contributed by atoms with E-state index in [0.717, 1.165) is 32.0 Å². The summed E-state index contributed by atoms with van der Waals surface area (Å²) in [4.78, 5) is 2.70. The van der Waals surface area contributed by atoms with E-state index in [1.54, 1.807) is 0 Å². The molecule has 3 nitrogen and oxygen atoms in total. The van der Waals surface area contributed by atoms with Crippen molar-refractivity contribution in [1.29, 1.82) is 0 Å². The second kappa shape index (κ2) is 7.24. The lowest BCUT2D eigenvalue weighted by Crippen LogP contribution is -2.64. The minimum absolute atomic E-state index is 0.0203. The van der Waals surface area contributed by atoms with Gasteiger partial charge in [-0.2, -0.15) is 0 Å². The summed E-state index contributed by atoms with van der Waals surface area (Å²) in [6.07, 6.45) is 3.53. The minimum Gasteiger partial charge on any atom is -0.379 e. The van der Waals surface area contributed by atoms with Crippen molar-refractivity contribution in [2.75, 3.05) is 26.7 Å². The molecule has 0 radical (unpaired) electrons. The van der Waals surface area contributed by atoms with Gasteiger partial charge in [-0.15, -0.1) is 0 Å². The molecule has 1 aliphatic heterocycles. The van der Waals surface area contributed by atoms with Gasteiger partial charge in [0, 0.05) is 38.3 Å². The normalized spacial score (nSPS) is 30.4. The summed E-state index contributed by atoms with van der Waals surface area (Å²) in [6.45, 7) is 17.1. The van der Waals surface area contributed by atoms with Gasteiger partial charge in [-0.1, -0.05) is 27.2 Å². The first-order valence-electron chi connectivity index (χ1n) is 8.31. The van der Waals surface area contributed by atoms with Gasteiger partial charge in [0.1, 0.15) is 0 Å². The number of hydrogen-bond acceptors (Lipinski definition) is 3. The summed E-state index contributed by atoms with van der Waals surface area (Å²) >= 11 is 0. The molecule has 1 N–H and O–H groups in total. The van der Waals surface area contributed by atoms with Gasteiger partial charge in [0.05, 0.1) is 5.60 Å². The van der Waals surface area contributed by atoms with E-state index in [1.807, 2.05) is 7.11 Å². The van der Waals surface area contributed by atoms with Crippen LogP contribution in [0.2, 0.25) is 0 Å². The summed E-state index contributed by atoms with van der Waals surface area (Å²) in [7, 11) is 1.82. The van der Waals surface area contributed by atoms with E-state index in [1.165, 1.54) is 12.8 Å². The van der Waals surface area contributed by atoms with E-state index < -0.39 is 0 Å². The van der Waals surface area contributed by atoms with Gasteiger partial charge in [0.25, 0.3) is 0 Å². The standard InChI is InChI=1S/C17H36N2O/c1-8-14(3)15-12-18-17(6,9-2)13-19(15)11-10-16(4,5)20-7/h14-15,18H,8-13H2,1-7H3. The quantitative estimate of drug-likeness (QED) is 0.776. The lowest BCUT2D eigenvalue weighted by Gasteiger charge is -2.48. The van der Waals surface area contributed by atoms with Crippen molar-refractivity contribution in [3.63, 3.8) is 0 Å². The maximum atomic E-state index is 5.59. The molecule has 120 valence electrons. The highest BCUT2D eigenvalue weighted by molar-refractivity contribution is 4.96. The summed E-state index contributed by atoms with van der Waals surface area (Å²) in [6, 6.07) is 0.660. The first-order valence-corrected chi connectivity index (χ1v) is 8.31. The molecule has 1 saturated heterocycles. The van der Waals surface area contributed by atoms with Gasteiger partial charge in [-0.25, -0.2) is 0 Å². The van der Waals surface area contributed by atoms with E-state index in [2.05, 4.69) is 51.8 Å². The van der Waals surface area contributed by atoms with Crippen LogP contribution in [0, 0.1) is 5.92 Å². The summed E-state index contributed by atoms with van der Waals surface area (Å²) in [5.41, 5.74) is 0.245. The predicted octanol–water partition coefficient (Wildman–Crippen LogP) is 3.29. The molecule has 0 aliphatic carbocycles. The molecular weight excluding hydrogens is 248 g/mol. The Bertz CT molecular complexity index is 293. The zero-order valence-corrected chi connectivity index (χ0v) is 14.8. The van der Waals surface area contributed by atoms with Crippen molar-refractivity contribution in [1.82, 2.24) is 10.2 Å². The number of ether oxygens (including phenoxy) is 1. The molecule has 0 spiro atoms. The summed E-state index contributed by atoms with van der Waals surface area (Å²) in [5, 5.41) is 3.78. The molecule has 0 saturated carbocycles. The van der Waals surface area contributed by atoms with Crippen molar-refractivity contribution in [2.45, 2.75) is 78.0 Å². The van der Waals surface area contributed by atoms with Gasteiger partial charge in [0.15, 0.2) is 0 Å². The van der Waals surface area contributed by atoms with Crippen LogP contribution in [0.15, 0.2) is 0 Å². The van der Waals surface area contributed by atoms with E-state index in [9.17, 15) is 0 Å². The monoisotopic (exact) mass is 284 g/mol. The fourth-order valence-electron chi connectivity index (χ4n) is 2.93. The number of rotatable bonds is 7. The fourth-order valence-corrected chi connectivity index (χ4v) is 2.93. The number of hydrogen-bond donors (Lipinski definition) is 1. The van der Waals surface area contributed by atoms with Crippen molar-refractivity contribution in [2.24, 2.45) is 5.92 Å². The second-order valence-corrected chi connectivity index (χ2v) is 7.43. The molecule has 0 aromatic rings. The number of nitrogens with one attached hydrogen (secondary N) is 1. The summed E-state index contributed by atoms with van der Waals surface area (Å²) in [5.74, 6) is 0.745. The average Bonchev–Trinajstić information content (AvgIpc) is 2.44. The Hall–Kier alpha value is -0.120. The Morgan fingerprint density at radius 2 is 2.05 bits per heavy atom. The van der Waals surface area contributed by atoms with Crippen LogP contribution in [0.1, 0.15) is 60.8 Å². The Morgan fingerprint density at radius 3 is 2.55 bits per heavy atom. The number of methoxy groups -OCH3 is 1. The molecule has 3 unspecified atom stereocenters. The molecule has 3 heteroatoms. The number of nitrogens with zero attached hydrogens (tertiary/aromatic N) is 1. The van der Waals surface area contributed by atoms with Crippen LogP contribution in [-0.2, 0) is 4.74 Å². The molecule has 0 aromatic heterocycles. The molecular formula is C17H36N2O.